The number of carbonyl (C=O) groups excluding carboxylic acids is 1. The number of piperidine rings is 1. The molecule has 1 heterocycles. The van der Waals surface area contributed by atoms with Gasteiger partial charge in [-0.05, 0) is 32.4 Å². The second-order valence-corrected chi connectivity index (χ2v) is 4.41. The van der Waals surface area contributed by atoms with E-state index in [2.05, 4.69) is 18.2 Å². The van der Waals surface area contributed by atoms with Crippen LogP contribution in [0.5, 0.6) is 0 Å². The number of nitrogens with one attached hydrogen (secondary N) is 1. The largest absolute Gasteiger partial charge is 0.317 e. The zero-order chi connectivity index (χ0) is 11.1. The van der Waals surface area contributed by atoms with Crippen molar-refractivity contribution >= 4 is 5.78 Å². The van der Waals surface area contributed by atoms with Gasteiger partial charge >= 0.3 is 0 Å². The molecular weight excluding hydrogens is 186 g/mol. The minimum Gasteiger partial charge on any atom is -0.317 e. The molecule has 0 radical (unpaired) electrons. The Labute approximate surface area is 92.8 Å². The van der Waals surface area contributed by atoms with Crippen LogP contribution >= 0.6 is 0 Å². The van der Waals surface area contributed by atoms with E-state index in [1.165, 1.54) is 0 Å². The van der Waals surface area contributed by atoms with Crippen molar-refractivity contribution in [2.24, 2.45) is 5.41 Å². The summed E-state index contributed by atoms with van der Waals surface area (Å²) < 4.78 is 0. The summed E-state index contributed by atoms with van der Waals surface area (Å²) in [6.45, 7) is 4.10. The first-order chi connectivity index (χ1) is 7.25. The van der Waals surface area contributed by atoms with E-state index in [9.17, 15) is 4.79 Å². The normalized spacial score (nSPS) is 19.5. The molecule has 84 valence electrons. The van der Waals surface area contributed by atoms with E-state index in [0.29, 0.717) is 18.6 Å². The van der Waals surface area contributed by atoms with Gasteiger partial charge in [0.05, 0.1) is 0 Å². The van der Waals surface area contributed by atoms with Crippen molar-refractivity contribution in [1.82, 2.24) is 5.32 Å². The van der Waals surface area contributed by atoms with Crippen LogP contribution in [0.3, 0.4) is 0 Å². The van der Waals surface area contributed by atoms with Gasteiger partial charge in [-0.15, -0.1) is 12.3 Å². The molecule has 2 nitrogen and oxygen atoms in total. The first-order valence-corrected chi connectivity index (χ1v) is 5.92. The third-order valence-corrected chi connectivity index (χ3v) is 3.38. The van der Waals surface area contributed by atoms with Gasteiger partial charge in [0.25, 0.3) is 0 Å². The van der Waals surface area contributed by atoms with Crippen LogP contribution in [0.1, 0.15) is 45.4 Å². The van der Waals surface area contributed by atoms with Gasteiger partial charge in [0, 0.05) is 18.3 Å². The smallest absolute Gasteiger partial charge is 0.140 e. The van der Waals surface area contributed by atoms with Gasteiger partial charge in [-0.3, -0.25) is 4.79 Å². The summed E-state index contributed by atoms with van der Waals surface area (Å²) in [6.07, 6.45) is 10.5. The molecule has 0 saturated carbocycles. The van der Waals surface area contributed by atoms with Gasteiger partial charge in [0.1, 0.15) is 5.78 Å². The maximum atomic E-state index is 12.1. The fourth-order valence-electron chi connectivity index (χ4n) is 2.50. The number of terminal acetylenes is 1. The van der Waals surface area contributed by atoms with E-state index in [1.807, 2.05) is 0 Å². The Morgan fingerprint density at radius 1 is 1.47 bits per heavy atom. The topological polar surface area (TPSA) is 29.1 Å². The Morgan fingerprint density at radius 2 is 2.13 bits per heavy atom. The first kappa shape index (κ1) is 12.3. The molecule has 1 rings (SSSR count). The maximum Gasteiger partial charge on any atom is 0.140 e. The minimum absolute atomic E-state index is 0.0587. The molecule has 0 bridgehead atoms. The van der Waals surface area contributed by atoms with Crippen LogP contribution in [0.25, 0.3) is 0 Å². The summed E-state index contributed by atoms with van der Waals surface area (Å²) >= 11 is 0. The summed E-state index contributed by atoms with van der Waals surface area (Å²) in [5.41, 5.74) is -0.0587. The Morgan fingerprint density at radius 3 is 2.67 bits per heavy atom. The quantitative estimate of drug-likeness (QED) is 0.700. The van der Waals surface area contributed by atoms with Gasteiger partial charge in [0.15, 0.2) is 0 Å². The van der Waals surface area contributed by atoms with Crippen LogP contribution in [0.2, 0.25) is 0 Å². The minimum atomic E-state index is -0.0587. The number of Topliss-reactive ketones (excluding diaryl/α,β-unsaturated/α-hetero) is 1. The fraction of sp³-hybridized carbons (Fsp3) is 0.769. The molecule has 1 aliphatic heterocycles. The molecule has 0 aromatic rings. The van der Waals surface area contributed by atoms with Crippen molar-refractivity contribution in [2.75, 3.05) is 13.1 Å². The van der Waals surface area contributed by atoms with Crippen LogP contribution in [0.4, 0.5) is 0 Å². The predicted molar refractivity (Wildman–Crippen MR) is 62.5 cm³/mol. The third-order valence-electron chi connectivity index (χ3n) is 3.38. The lowest BCUT2D eigenvalue weighted by Gasteiger charge is -2.36. The number of ketones is 1. The number of rotatable bonds is 5. The van der Waals surface area contributed by atoms with Gasteiger partial charge in [-0.25, -0.2) is 0 Å². The van der Waals surface area contributed by atoms with E-state index >= 15 is 0 Å². The molecule has 1 N–H and O–H groups in total. The van der Waals surface area contributed by atoms with E-state index < -0.39 is 0 Å². The molecule has 2 heteroatoms. The molecule has 0 amide bonds. The summed E-state index contributed by atoms with van der Waals surface area (Å²) in [7, 11) is 0. The van der Waals surface area contributed by atoms with Gasteiger partial charge in [0.2, 0.25) is 0 Å². The van der Waals surface area contributed by atoms with Crippen LogP contribution in [-0.2, 0) is 4.79 Å². The summed E-state index contributed by atoms with van der Waals surface area (Å²) in [5, 5.41) is 3.32. The van der Waals surface area contributed by atoms with E-state index in [0.717, 1.165) is 38.8 Å². The van der Waals surface area contributed by atoms with Crippen LogP contribution in [0.15, 0.2) is 0 Å². The third kappa shape index (κ3) is 3.07. The molecule has 0 aromatic carbocycles. The molecule has 0 aliphatic carbocycles. The highest BCUT2D eigenvalue weighted by Gasteiger charge is 2.37. The van der Waals surface area contributed by atoms with Crippen molar-refractivity contribution in [3.8, 4) is 12.3 Å². The fourth-order valence-corrected chi connectivity index (χ4v) is 2.50. The lowest BCUT2D eigenvalue weighted by molar-refractivity contribution is -0.130. The molecule has 1 aliphatic rings. The molecule has 15 heavy (non-hydrogen) atoms. The van der Waals surface area contributed by atoms with Crippen LogP contribution < -0.4 is 5.32 Å². The highest BCUT2D eigenvalue weighted by molar-refractivity contribution is 5.85. The average Bonchev–Trinajstić information content (AvgIpc) is 2.27. The van der Waals surface area contributed by atoms with Crippen molar-refractivity contribution in [3.63, 3.8) is 0 Å². The highest BCUT2D eigenvalue weighted by atomic mass is 16.1. The molecular formula is C13H21NO. The zero-order valence-corrected chi connectivity index (χ0v) is 9.64. The maximum absolute atomic E-state index is 12.1. The lowest BCUT2D eigenvalue weighted by atomic mass is 9.71. The van der Waals surface area contributed by atoms with E-state index in [4.69, 9.17) is 6.42 Å². The molecule has 1 saturated heterocycles. The van der Waals surface area contributed by atoms with Gasteiger partial charge in [-0.2, -0.15) is 0 Å². The zero-order valence-electron chi connectivity index (χ0n) is 9.64. The molecule has 0 atom stereocenters. The summed E-state index contributed by atoms with van der Waals surface area (Å²) in [6, 6.07) is 0. The second-order valence-electron chi connectivity index (χ2n) is 4.41. The monoisotopic (exact) mass is 207 g/mol. The Kier molecular flexibility index (Phi) is 4.84. The summed E-state index contributed by atoms with van der Waals surface area (Å²) in [5.74, 6) is 2.95. The predicted octanol–water partition coefficient (Wildman–Crippen LogP) is 2.14. The Bertz CT molecular complexity index is 240. The Hall–Kier alpha value is -0.810. The van der Waals surface area contributed by atoms with Gasteiger partial charge < -0.3 is 5.32 Å². The second kappa shape index (κ2) is 5.92. The number of carbonyl (C=O) groups is 1. The Balaban J connectivity index is 2.62. The molecule has 0 spiro atoms. The lowest BCUT2D eigenvalue weighted by Crippen LogP contribution is -2.42. The van der Waals surface area contributed by atoms with Crippen molar-refractivity contribution in [2.45, 2.75) is 45.4 Å². The van der Waals surface area contributed by atoms with Crippen LogP contribution in [-0.4, -0.2) is 18.9 Å². The van der Waals surface area contributed by atoms with Crippen molar-refractivity contribution in [3.05, 3.63) is 0 Å². The molecule has 0 aromatic heterocycles. The summed E-state index contributed by atoms with van der Waals surface area (Å²) in [4.78, 5) is 12.1. The molecule has 0 unspecified atom stereocenters. The molecule has 1 fully saturated rings. The number of hydrogen-bond acceptors (Lipinski definition) is 2. The van der Waals surface area contributed by atoms with Gasteiger partial charge in [-0.1, -0.05) is 13.3 Å². The van der Waals surface area contributed by atoms with Crippen molar-refractivity contribution < 1.29 is 4.79 Å². The van der Waals surface area contributed by atoms with E-state index in [-0.39, 0.29) is 5.41 Å². The van der Waals surface area contributed by atoms with Crippen molar-refractivity contribution in [1.29, 1.82) is 0 Å². The highest BCUT2D eigenvalue weighted by Crippen LogP contribution is 2.36. The standard InChI is InChI=1S/C13H21NO/c1-3-5-6-12(15)13(7-4-2)8-10-14-11-9-13/h1,14H,4-11H2,2H3. The number of hydrogen-bond donors (Lipinski definition) is 1. The van der Waals surface area contributed by atoms with E-state index in [1.54, 1.807) is 0 Å². The van der Waals surface area contributed by atoms with Crippen LogP contribution in [0, 0.1) is 17.8 Å². The average molecular weight is 207 g/mol. The SMILES string of the molecule is C#CCCC(=O)C1(CCC)CCNCC1. The first-order valence-electron chi connectivity index (χ1n) is 5.92.